The van der Waals surface area contributed by atoms with E-state index in [2.05, 4.69) is 21.3 Å². The molecule has 0 radical (unpaired) electrons. The van der Waals surface area contributed by atoms with Gasteiger partial charge in [0.2, 0.25) is 29.5 Å². The van der Waals surface area contributed by atoms with E-state index in [0.717, 1.165) is 0 Å². The molecule has 5 atom stereocenters. The molecule has 0 rings (SSSR count). The predicted octanol–water partition coefficient (Wildman–Crippen LogP) is -5.07. The monoisotopic (exact) mass is 605 g/mol. The van der Waals surface area contributed by atoms with E-state index in [9.17, 15) is 48.6 Å². The molecule has 0 aromatic carbocycles. The third-order valence-corrected chi connectivity index (χ3v) is 5.52. The minimum Gasteiger partial charge on any atom is -0.481 e. The summed E-state index contributed by atoms with van der Waals surface area (Å²) in [4.78, 5) is 95.5. The molecule has 5 amide bonds. The first kappa shape index (κ1) is 37.6. The lowest BCUT2D eigenvalue weighted by atomic mass is 10.1. The molecule has 0 heterocycles. The van der Waals surface area contributed by atoms with Crippen molar-refractivity contribution < 1.29 is 58.8 Å². The first-order valence-corrected chi connectivity index (χ1v) is 12.8. The fraction of sp³-hybridized carbons (Fsp3) is 0.652. The molecule has 0 aliphatic heterocycles. The number of rotatable bonds is 21. The number of hydrogen-bond acceptors (Lipinski definition) is 11. The molecule has 19 heteroatoms. The molecule has 13 N–H and O–H groups in total. The minimum atomic E-state index is -1.80. The molecule has 0 aromatic rings. The summed E-state index contributed by atoms with van der Waals surface area (Å²) in [6, 6.07) is -7.36. The van der Waals surface area contributed by atoms with Gasteiger partial charge >= 0.3 is 17.9 Å². The van der Waals surface area contributed by atoms with Crippen molar-refractivity contribution in [3.8, 4) is 0 Å². The molecule has 0 aliphatic rings. The van der Waals surface area contributed by atoms with Crippen molar-refractivity contribution in [1.29, 1.82) is 0 Å². The molecule has 0 spiro atoms. The third-order valence-electron chi connectivity index (χ3n) is 5.52. The number of aliphatic carboxylic acids is 3. The third kappa shape index (κ3) is 15.4. The molecule has 0 bridgehead atoms. The summed E-state index contributed by atoms with van der Waals surface area (Å²) < 4.78 is 0. The number of aliphatic hydroxyl groups is 1. The maximum absolute atomic E-state index is 12.7. The van der Waals surface area contributed by atoms with Gasteiger partial charge in [-0.25, -0.2) is 4.79 Å². The second kappa shape index (κ2) is 19.7. The Bertz CT molecular complexity index is 991. The summed E-state index contributed by atoms with van der Waals surface area (Å²) in [5, 5.41) is 47.5. The van der Waals surface area contributed by atoms with Crippen LogP contribution in [0.3, 0.4) is 0 Å². The Hall–Kier alpha value is -4.36. The van der Waals surface area contributed by atoms with Crippen LogP contribution in [0.5, 0.6) is 0 Å². The Kier molecular flexibility index (Phi) is 17.6. The normalized spacial score (nSPS) is 14.2. The van der Waals surface area contributed by atoms with Gasteiger partial charge in [-0.1, -0.05) is 0 Å². The van der Waals surface area contributed by atoms with Crippen LogP contribution in [0.1, 0.15) is 45.4 Å². The standard InChI is InChI=1S/C23H39N7O12/c1-11(25)19(37)28-12(5-6-17(33)34)21(39)30-15(10-31)22(40)29-14(8-18(35)36)20(38)26-9-16(32)27-13(23(41)42)4-2-3-7-24/h11-15,31H,2-10,24-25H2,1H3,(H,26,38)(H,27,32)(H,28,37)(H,29,40)(H,30,39)(H,33,34)(H,35,36)(H,41,42)/t11-,12-,13-,14-,15-/m0/s1. The molecule has 0 aliphatic carbocycles. The van der Waals surface area contributed by atoms with Crippen LogP contribution in [-0.2, 0) is 38.4 Å². The van der Waals surface area contributed by atoms with Crippen molar-refractivity contribution in [2.45, 2.75) is 75.7 Å². The van der Waals surface area contributed by atoms with Crippen LogP contribution >= 0.6 is 0 Å². The topological polar surface area (TPSA) is 330 Å². The quantitative estimate of drug-likeness (QED) is 0.0545. The highest BCUT2D eigenvalue weighted by atomic mass is 16.4. The second-order valence-corrected chi connectivity index (χ2v) is 9.15. The molecule has 0 saturated heterocycles. The van der Waals surface area contributed by atoms with E-state index in [0.29, 0.717) is 19.4 Å². The SMILES string of the molecule is C[C@H](N)C(=O)N[C@@H](CCC(=O)O)C(=O)N[C@@H](CO)C(=O)N[C@@H](CC(=O)O)C(=O)NCC(=O)N[C@@H](CCCCN)C(=O)O. The Morgan fingerprint density at radius 3 is 1.76 bits per heavy atom. The number of amides is 5. The van der Waals surface area contributed by atoms with Crippen molar-refractivity contribution >= 4 is 47.4 Å². The molecule has 42 heavy (non-hydrogen) atoms. The number of unbranched alkanes of at least 4 members (excludes halogenated alkanes) is 1. The van der Waals surface area contributed by atoms with Crippen molar-refractivity contribution in [3.63, 3.8) is 0 Å². The van der Waals surface area contributed by atoms with Crippen molar-refractivity contribution in [2.75, 3.05) is 19.7 Å². The van der Waals surface area contributed by atoms with Gasteiger partial charge in [-0.3, -0.25) is 33.6 Å². The summed E-state index contributed by atoms with van der Waals surface area (Å²) in [5.41, 5.74) is 10.8. The Balaban J connectivity index is 5.38. The molecule has 238 valence electrons. The number of nitrogens with one attached hydrogen (secondary N) is 5. The van der Waals surface area contributed by atoms with Crippen LogP contribution in [-0.4, -0.2) is 118 Å². The second-order valence-electron chi connectivity index (χ2n) is 9.15. The summed E-state index contributed by atoms with van der Waals surface area (Å²) in [6.07, 6.45) is -0.928. The number of carboxylic acids is 3. The van der Waals surface area contributed by atoms with E-state index in [-0.39, 0.29) is 6.42 Å². The average molecular weight is 606 g/mol. The molecular formula is C23H39N7O12. The van der Waals surface area contributed by atoms with E-state index in [1.807, 2.05) is 5.32 Å². The summed E-state index contributed by atoms with van der Waals surface area (Å²) >= 11 is 0. The Labute approximate surface area is 240 Å². The van der Waals surface area contributed by atoms with E-state index < -0.39 is 110 Å². The lowest BCUT2D eigenvalue weighted by molar-refractivity contribution is -0.143. The maximum Gasteiger partial charge on any atom is 0.326 e. The highest BCUT2D eigenvalue weighted by Crippen LogP contribution is 2.03. The molecule has 19 nitrogen and oxygen atoms in total. The van der Waals surface area contributed by atoms with Gasteiger partial charge in [0.1, 0.15) is 24.2 Å². The van der Waals surface area contributed by atoms with Crippen molar-refractivity contribution in [1.82, 2.24) is 26.6 Å². The first-order chi connectivity index (χ1) is 19.6. The fourth-order valence-corrected chi connectivity index (χ4v) is 3.25. The fourth-order valence-electron chi connectivity index (χ4n) is 3.25. The smallest absolute Gasteiger partial charge is 0.326 e. The maximum atomic E-state index is 12.7. The zero-order chi connectivity index (χ0) is 32.4. The van der Waals surface area contributed by atoms with Crippen molar-refractivity contribution in [3.05, 3.63) is 0 Å². The van der Waals surface area contributed by atoms with Gasteiger partial charge in [0.15, 0.2) is 0 Å². The lowest BCUT2D eigenvalue weighted by Crippen LogP contribution is -2.59. The van der Waals surface area contributed by atoms with Gasteiger partial charge < -0.3 is 58.5 Å². The number of nitrogens with two attached hydrogens (primary N) is 2. The summed E-state index contributed by atoms with van der Waals surface area (Å²) in [6.45, 7) is -0.189. The zero-order valence-electron chi connectivity index (χ0n) is 23.0. The number of carboxylic acid groups (broad SMARTS) is 3. The predicted molar refractivity (Wildman–Crippen MR) is 141 cm³/mol. The minimum absolute atomic E-state index is 0.0737. The van der Waals surface area contributed by atoms with Gasteiger partial charge in [0, 0.05) is 6.42 Å². The van der Waals surface area contributed by atoms with Gasteiger partial charge in [-0.2, -0.15) is 0 Å². The number of aliphatic hydroxyl groups excluding tert-OH is 1. The summed E-state index contributed by atoms with van der Waals surface area (Å²) in [7, 11) is 0. The highest BCUT2D eigenvalue weighted by molar-refractivity contribution is 5.96. The van der Waals surface area contributed by atoms with E-state index in [4.69, 9.17) is 21.7 Å². The zero-order valence-corrected chi connectivity index (χ0v) is 23.0. The Morgan fingerprint density at radius 1 is 0.690 bits per heavy atom. The van der Waals surface area contributed by atoms with E-state index in [1.165, 1.54) is 6.92 Å². The summed E-state index contributed by atoms with van der Waals surface area (Å²) in [5.74, 6) is -9.32. The molecule has 0 unspecified atom stereocenters. The van der Waals surface area contributed by atoms with Crippen LogP contribution in [0, 0.1) is 0 Å². The largest absolute Gasteiger partial charge is 0.481 e. The van der Waals surface area contributed by atoms with E-state index in [1.54, 1.807) is 0 Å². The van der Waals surface area contributed by atoms with Crippen LogP contribution in [0.25, 0.3) is 0 Å². The lowest BCUT2D eigenvalue weighted by Gasteiger charge is -2.24. The van der Waals surface area contributed by atoms with Gasteiger partial charge in [0.05, 0.1) is 25.6 Å². The molecule has 0 fully saturated rings. The van der Waals surface area contributed by atoms with Crippen LogP contribution < -0.4 is 38.1 Å². The van der Waals surface area contributed by atoms with Gasteiger partial charge in [-0.05, 0) is 39.2 Å². The van der Waals surface area contributed by atoms with Crippen LogP contribution in [0.4, 0.5) is 0 Å². The van der Waals surface area contributed by atoms with Gasteiger partial charge in [-0.15, -0.1) is 0 Å². The van der Waals surface area contributed by atoms with Crippen LogP contribution in [0.15, 0.2) is 0 Å². The number of hydrogen-bond donors (Lipinski definition) is 11. The highest BCUT2D eigenvalue weighted by Gasteiger charge is 2.31. The number of carbonyl (C=O) groups is 8. The van der Waals surface area contributed by atoms with E-state index >= 15 is 0 Å². The average Bonchev–Trinajstić information content (AvgIpc) is 2.90. The molecule has 0 aromatic heterocycles. The van der Waals surface area contributed by atoms with Crippen molar-refractivity contribution in [2.24, 2.45) is 11.5 Å². The Morgan fingerprint density at radius 2 is 1.26 bits per heavy atom. The van der Waals surface area contributed by atoms with Crippen LogP contribution in [0.2, 0.25) is 0 Å². The molecule has 0 saturated carbocycles. The van der Waals surface area contributed by atoms with Gasteiger partial charge in [0.25, 0.3) is 0 Å². The first-order valence-electron chi connectivity index (χ1n) is 12.8. The molecular weight excluding hydrogens is 566 g/mol. The number of carbonyl (C=O) groups excluding carboxylic acids is 5.